The minimum atomic E-state index is -0.521. The molecule has 1 aliphatic heterocycles. The van der Waals surface area contributed by atoms with Gasteiger partial charge in [-0.15, -0.1) is 0 Å². The Morgan fingerprint density at radius 1 is 1.45 bits per heavy atom. The number of aryl methyl sites for hydroxylation is 1. The molecule has 0 atom stereocenters. The summed E-state index contributed by atoms with van der Waals surface area (Å²) in [6.45, 7) is 8.04. The lowest BCUT2D eigenvalue weighted by atomic mass is 9.79. The molecule has 0 aliphatic carbocycles. The number of anilines is 1. The minimum Gasteiger partial charge on any atom is -0.381 e. The summed E-state index contributed by atoms with van der Waals surface area (Å²) in [5.74, 6) is 0.701. The lowest BCUT2D eigenvalue weighted by Gasteiger charge is -2.34. The summed E-state index contributed by atoms with van der Waals surface area (Å²) in [5.41, 5.74) is 6.51. The van der Waals surface area contributed by atoms with Gasteiger partial charge in [0.05, 0.1) is 11.1 Å². The monoisotopic (exact) mass is 308 g/mol. The molecule has 1 saturated heterocycles. The number of carbonyl (C=O) groups excluding carboxylic acids is 1. The van der Waals surface area contributed by atoms with E-state index in [1.807, 2.05) is 13.1 Å². The fourth-order valence-electron chi connectivity index (χ4n) is 2.81. The molecule has 0 aromatic carbocycles. The maximum atomic E-state index is 12.7. The highest BCUT2D eigenvalue weighted by atomic mass is 16.5. The van der Waals surface area contributed by atoms with E-state index in [1.54, 1.807) is 4.68 Å². The van der Waals surface area contributed by atoms with Crippen LogP contribution in [-0.4, -0.2) is 35.4 Å². The first-order chi connectivity index (χ1) is 10.3. The van der Waals surface area contributed by atoms with Crippen molar-refractivity contribution in [2.75, 3.05) is 25.1 Å². The Bertz CT molecular complexity index is 525. The van der Waals surface area contributed by atoms with E-state index in [-0.39, 0.29) is 11.3 Å². The Labute approximate surface area is 132 Å². The Kier molecular flexibility index (Phi) is 4.92. The second-order valence-electron chi connectivity index (χ2n) is 7.43. The van der Waals surface area contributed by atoms with Crippen molar-refractivity contribution >= 4 is 11.7 Å². The van der Waals surface area contributed by atoms with Crippen molar-refractivity contribution in [2.45, 2.75) is 40.0 Å². The lowest BCUT2D eigenvalue weighted by molar-refractivity contribution is -0.130. The molecule has 2 heterocycles. The predicted octanol–water partition coefficient (Wildman–Crippen LogP) is 1.70. The van der Waals surface area contributed by atoms with E-state index in [4.69, 9.17) is 10.5 Å². The molecule has 0 radical (unpaired) electrons. The molecule has 3 N–H and O–H groups in total. The van der Waals surface area contributed by atoms with Gasteiger partial charge in [0, 0.05) is 32.9 Å². The van der Waals surface area contributed by atoms with Crippen LogP contribution in [0, 0.1) is 10.8 Å². The van der Waals surface area contributed by atoms with Crippen LogP contribution in [-0.2, 0) is 23.0 Å². The average Bonchev–Trinajstić information content (AvgIpc) is 2.77. The molecule has 1 aromatic rings. The molecule has 1 aliphatic rings. The summed E-state index contributed by atoms with van der Waals surface area (Å²) in [6, 6.07) is 1.95. The number of amides is 1. The van der Waals surface area contributed by atoms with E-state index in [2.05, 4.69) is 31.2 Å². The second-order valence-corrected chi connectivity index (χ2v) is 7.43. The van der Waals surface area contributed by atoms with Gasteiger partial charge in [-0.1, -0.05) is 20.8 Å². The van der Waals surface area contributed by atoms with Gasteiger partial charge in [-0.05, 0) is 24.7 Å². The second kappa shape index (κ2) is 6.38. The Balaban J connectivity index is 2.11. The van der Waals surface area contributed by atoms with Gasteiger partial charge in [0.1, 0.15) is 5.82 Å². The van der Waals surface area contributed by atoms with Crippen LogP contribution in [0.2, 0.25) is 0 Å². The summed E-state index contributed by atoms with van der Waals surface area (Å²) in [6.07, 6.45) is 2.21. The molecule has 1 aromatic heterocycles. The zero-order valence-electron chi connectivity index (χ0n) is 14.1. The molecule has 2 rings (SSSR count). The molecular formula is C16H28N4O2. The Morgan fingerprint density at radius 3 is 2.64 bits per heavy atom. The van der Waals surface area contributed by atoms with Gasteiger partial charge in [0.25, 0.3) is 0 Å². The van der Waals surface area contributed by atoms with Crippen molar-refractivity contribution in [2.24, 2.45) is 23.6 Å². The van der Waals surface area contributed by atoms with Gasteiger partial charge in [-0.3, -0.25) is 9.48 Å². The van der Waals surface area contributed by atoms with Crippen LogP contribution in [0.15, 0.2) is 6.07 Å². The number of rotatable bonds is 4. The maximum absolute atomic E-state index is 12.7. The standard InChI is InChI=1S/C16H28N4O2/c1-15(2,3)10-12-9-13(20(4)19-12)18-14(21)16(11-17)5-7-22-8-6-16/h9H,5-8,10-11,17H2,1-4H3,(H,18,21). The molecule has 1 fully saturated rings. The van der Waals surface area contributed by atoms with Gasteiger partial charge >= 0.3 is 0 Å². The van der Waals surface area contributed by atoms with Crippen LogP contribution >= 0.6 is 0 Å². The number of carbonyl (C=O) groups is 1. The number of nitrogens with two attached hydrogens (primary N) is 1. The first-order valence-electron chi connectivity index (χ1n) is 7.88. The first kappa shape index (κ1) is 17.0. The van der Waals surface area contributed by atoms with Crippen molar-refractivity contribution in [3.05, 3.63) is 11.8 Å². The molecular weight excluding hydrogens is 280 g/mol. The smallest absolute Gasteiger partial charge is 0.233 e. The highest BCUT2D eigenvalue weighted by molar-refractivity contribution is 5.95. The molecule has 0 bridgehead atoms. The number of hydrogen-bond donors (Lipinski definition) is 2. The largest absolute Gasteiger partial charge is 0.381 e. The first-order valence-corrected chi connectivity index (χ1v) is 7.88. The van der Waals surface area contributed by atoms with Crippen molar-refractivity contribution in [3.63, 3.8) is 0 Å². The predicted molar refractivity (Wildman–Crippen MR) is 86.5 cm³/mol. The van der Waals surface area contributed by atoms with Gasteiger partial charge in [0.2, 0.25) is 5.91 Å². The molecule has 6 heteroatoms. The highest BCUT2D eigenvalue weighted by Gasteiger charge is 2.39. The number of nitrogens with zero attached hydrogens (tertiary/aromatic N) is 2. The van der Waals surface area contributed by atoms with Gasteiger partial charge < -0.3 is 15.8 Å². The molecule has 6 nitrogen and oxygen atoms in total. The third kappa shape index (κ3) is 3.87. The fourth-order valence-corrected chi connectivity index (χ4v) is 2.81. The van der Waals surface area contributed by atoms with E-state index < -0.39 is 5.41 Å². The van der Waals surface area contributed by atoms with Gasteiger partial charge in [-0.2, -0.15) is 5.10 Å². The van der Waals surface area contributed by atoms with E-state index in [0.29, 0.717) is 32.6 Å². The van der Waals surface area contributed by atoms with E-state index in [1.165, 1.54) is 0 Å². The minimum absolute atomic E-state index is 0.0244. The quantitative estimate of drug-likeness (QED) is 0.887. The van der Waals surface area contributed by atoms with Gasteiger partial charge in [0.15, 0.2) is 0 Å². The van der Waals surface area contributed by atoms with Crippen LogP contribution in [0.1, 0.15) is 39.3 Å². The number of nitrogens with one attached hydrogen (secondary N) is 1. The summed E-state index contributed by atoms with van der Waals surface area (Å²) in [5, 5.41) is 7.49. The fraction of sp³-hybridized carbons (Fsp3) is 0.750. The van der Waals surface area contributed by atoms with Crippen LogP contribution in [0.5, 0.6) is 0 Å². The normalized spacial score (nSPS) is 18.2. The topological polar surface area (TPSA) is 82.2 Å². The highest BCUT2D eigenvalue weighted by Crippen LogP contribution is 2.31. The SMILES string of the molecule is Cn1nc(CC(C)(C)C)cc1NC(=O)C1(CN)CCOCC1. The molecule has 1 amide bonds. The lowest BCUT2D eigenvalue weighted by Crippen LogP contribution is -2.46. The maximum Gasteiger partial charge on any atom is 0.233 e. The third-order valence-electron chi connectivity index (χ3n) is 4.21. The molecule has 0 saturated carbocycles. The van der Waals surface area contributed by atoms with Crippen LogP contribution < -0.4 is 11.1 Å². The van der Waals surface area contributed by atoms with Crippen molar-refractivity contribution in [3.8, 4) is 0 Å². The summed E-state index contributed by atoms with van der Waals surface area (Å²) in [7, 11) is 1.85. The Hall–Kier alpha value is -1.40. The van der Waals surface area contributed by atoms with Crippen LogP contribution in [0.4, 0.5) is 5.82 Å². The number of hydrogen-bond acceptors (Lipinski definition) is 4. The summed E-state index contributed by atoms with van der Waals surface area (Å²) >= 11 is 0. The third-order valence-corrected chi connectivity index (χ3v) is 4.21. The summed E-state index contributed by atoms with van der Waals surface area (Å²) in [4.78, 5) is 12.7. The zero-order valence-corrected chi connectivity index (χ0v) is 14.1. The zero-order chi connectivity index (χ0) is 16.4. The van der Waals surface area contributed by atoms with Crippen LogP contribution in [0.3, 0.4) is 0 Å². The van der Waals surface area contributed by atoms with Crippen LogP contribution in [0.25, 0.3) is 0 Å². The average molecular weight is 308 g/mol. The van der Waals surface area contributed by atoms with E-state index in [0.717, 1.165) is 17.9 Å². The molecule has 0 spiro atoms. The van der Waals surface area contributed by atoms with E-state index >= 15 is 0 Å². The number of ether oxygens (including phenoxy) is 1. The summed E-state index contributed by atoms with van der Waals surface area (Å²) < 4.78 is 7.08. The van der Waals surface area contributed by atoms with Crippen molar-refractivity contribution in [1.29, 1.82) is 0 Å². The van der Waals surface area contributed by atoms with E-state index in [9.17, 15) is 4.79 Å². The van der Waals surface area contributed by atoms with Crippen molar-refractivity contribution < 1.29 is 9.53 Å². The number of aromatic nitrogens is 2. The Morgan fingerprint density at radius 2 is 2.09 bits per heavy atom. The molecule has 22 heavy (non-hydrogen) atoms. The van der Waals surface area contributed by atoms with Crippen molar-refractivity contribution in [1.82, 2.24) is 9.78 Å². The van der Waals surface area contributed by atoms with Gasteiger partial charge in [-0.25, -0.2) is 0 Å². The molecule has 124 valence electrons. The molecule has 0 unspecified atom stereocenters.